The van der Waals surface area contributed by atoms with Gasteiger partial charge in [0, 0.05) is 12.6 Å². The van der Waals surface area contributed by atoms with E-state index >= 15 is 0 Å². The molecule has 0 radical (unpaired) electrons. The van der Waals surface area contributed by atoms with Crippen LogP contribution in [0, 0.1) is 12.7 Å². The van der Waals surface area contributed by atoms with Crippen molar-refractivity contribution >= 4 is 0 Å². The minimum atomic E-state index is -2.45. The van der Waals surface area contributed by atoms with Gasteiger partial charge in [-0.25, -0.2) is 13.2 Å². The summed E-state index contributed by atoms with van der Waals surface area (Å²) < 4.78 is 41.5. The summed E-state index contributed by atoms with van der Waals surface area (Å²) in [6, 6.07) is 4.45. The van der Waals surface area contributed by atoms with Crippen LogP contribution in [-0.4, -0.2) is 25.7 Å². The van der Waals surface area contributed by atoms with Crippen LogP contribution in [0.3, 0.4) is 0 Å². The van der Waals surface area contributed by atoms with E-state index in [4.69, 9.17) is 10.6 Å². The summed E-state index contributed by atoms with van der Waals surface area (Å²) >= 11 is 0. The van der Waals surface area contributed by atoms with Crippen LogP contribution in [0.15, 0.2) is 18.2 Å². The van der Waals surface area contributed by atoms with E-state index in [1.165, 1.54) is 12.1 Å². The number of ether oxygens (including phenoxy) is 1. The predicted molar refractivity (Wildman–Crippen MR) is 67.4 cm³/mol. The maximum absolute atomic E-state index is 13.0. The molecule has 1 rings (SSSR count). The first-order chi connectivity index (χ1) is 9.02. The fraction of sp³-hybridized carbons (Fsp3) is 0.538. The summed E-state index contributed by atoms with van der Waals surface area (Å²) in [5.41, 5.74) is 4.43. The van der Waals surface area contributed by atoms with E-state index in [9.17, 15) is 13.2 Å². The Kier molecular flexibility index (Phi) is 6.83. The van der Waals surface area contributed by atoms with Gasteiger partial charge in [-0.05, 0) is 43.0 Å². The van der Waals surface area contributed by atoms with Crippen LogP contribution in [0.4, 0.5) is 13.2 Å². The molecule has 3 nitrogen and oxygen atoms in total. The molecule has 108 valence electrons. The lowest BCUT2D eigenvalue weighted by molar-refractivity contribution is 0.0144. The van der Waals surface area contributed by atoms with E-state index in [1.54, 1.807) is 6.07 Å². The number of hydrazine groups is 1. The summed E-state index contributed by atoms with van der Waals surface area (Å²) in [6.07, 6.45) is -1.34. The van der Waals surface area contributed by atoms with Gasteiger partial charge in [0.05, 0.1) is 0 Å². The Hall–Kier alpha value is -1.11. The van der Waals surface area contributed by atoms with Crippen molar-refractivity contribution in [1.29, 1.82) is 0 Å². The van der Waals surface area contributed by atoms with Crippen LogP contribution in [0.1, 0.15) is 17.5 Å². The largest absolute Gasteiger partial charge is 0.375 e. The number of rotatable bonds is 8. The van der Waals surface area contributed by atoms with Crippen LogP contribution in [0.25, 0.3) is 0 Å². The Morgan fingerprint density at radius 2 is 2.11 bits per heavy atom. The lowest BCUT2D eigenvalue weighted by Crippen LogP contribution is -2.38. The van der Waals surface area contributed by atoms with Crippen molar-refractivity contribution in [3.63, 3.8) is 0 Å². The van der Waals surface area contributed by atoms with Crippen molar-refractivity contribution in [3.8, 4) is 0 Å². The number of hydrogen-bond donors (Lipinski definition) is 2. The Labute approximate surface area is 110 Å². The first kappa shape index (κ1) is 15.9. The molecule has 0 spiro atoms. The molecule has 0 fully saturated rings. The Morgan fingerprint density at radius 1 is 1.37 bits per heavy atom. The third kappa shape index (κ3) is 6.04. The molecule has 0 saturated carbocycles. The summed E-state index contributed by atoms with van der Waals surface area (Å²) in [6.45, 7) is 1.46. The average Bonchev–Trinajstić information content (AvgIpc) is 2.35. The second kappa shape index (κ2) is 8.14. The predicted octanol–water partition coefficient (Wildman–Crippen LogP) is 2.18. The number of hydrogen-bond acceptors (Lipinski definition) is 3. The highest BCUT2D eigenvalue weighted by atomic mass is 19.3. The lowest BCUT2D eigenvalue weighted by Gasteiger charge is -2.17. The van der Waals surface area contributed by atoms with Crippen LogP contribution < -0.4 is 11.3 Å². The Bertz CT molecular complexity index is 388. The molecule has 0 aliphatic rings. The van der Waals surface area contributed by atoms with Crippen molar-refractivity contribution in [2.75, 3.05) is 13.2 Å². The quantitative estimate of drug-likeness (QED) is 0.434. The Morgan fingerprint density at radius 3 is 2.68 bits per heavy atom. The number of alkyl halides is 2. The van der Waals surface area contributed by atoms with Crippen molar-refractivity contribution < 1.29 is 17.9 Å². The van der Waals surface area contributed by atoms with Crippen molar-refractivity contribution in [2.24, 2.45) is 5.84 Å². The zero-order valence-corrected chi connectivity index (χ0v) is 10.8. The third-order valence-electron chi connectivity index (χ3n) is 2.86. The van der Waals surface area contributed by atoms with Gasteiger partial charge in [0.15, 0.2) is 0 Å². The lowest BCUT2D eigenvalue weighted by atomic mass is 10.00. The van der Waals surface area contributed by atoms with E-state index in [-0.39, 0.29) is 18.5 Å². The molecule has 0 aromatic heterocycles. The van der Waals surface area contributed by atoms with Gasteiger partial charge in [0.1, 0.15) is 12.4 Å². The van der Waals surface area contributed by atoms with Gasteiger partial charge in [-0.15, -0.1) is 0 Å². The number of halogens is 3. The van der Waals surface area contributed by atoms with E-state index in [2.05, 4.69) is 5.43 Å². The normalized spacial score (nSPS) is 12.9. The zero-order chi connectivity index (χ0) is 14.3. The van der Waals surface area contributed by atoms with Crippen molar-refractivity contribution in [1.82, 2.24) is 5.43 Å². The standard InChI is InChI=1S/C13H19F3N2O/c1-9-6-11(14)3-2-10(9)7-12(18-17)4-5-19-8-13(15)16/h2-3,6,12-13,18H,4-5,7-8,17H2,1H3. The summed E-state index contributed by atoms with van der Waals surface area (Å²) in [5.74, 6) is 5.14. The SMILES string of the molecule is Cc1cc(F)ccc1CC(CCOCC(F)F)NN. The van der Waals surface area contributed by atoms with Crippen LogP contribution in [0.5, 0.6) is 0 Å². The number of nitrogens with one attached hydrogen (secondary N) is 1. The molecule has 0 aliphatic carbocycles. The molecule has 0 aliphatic heterocycles. The molecule has 1 unspecified atom stereocenters. The van der Waals surface area contributed by atoms with Crippen LogP contribution >= 0.6 is 0 Å². The maximum atomic E-state index is 13.0. The van der Waals surface area contributed by atoms with Gasteiger partial charge >= 0.3 is 0 Å². The van der Waals surface area contributed by atoms with Crippen molar-refractivity contribution in [2.45, 2.75) is 32.2 Å². The highest BCUT2D eigenvalue weighted by molar-refractivity contribution is 5.27. The zero-order valence-electron chi connectivity index (χ0n) is 10.8. The van der Waals surface area contributed by atoms with Gasteiger partial charge in [0.2, 0.25) is 0 Å². The van der Waals surface area contributed by atoms with Crippen molar-refractivity contribution in [3.05, 3.63) is 35.1 Å². The fourth-order valence-electron chi connectivity index (χ4n) is 1.80. The molecule has 0 bridgehead atoms. The fourth-order valence-corrected chi connectivity index (χ4v) is 1.80. The molecule has 6 heteroatoms. The van der Waals surface area contributed by atoms with Gasteiger partial charge in [-0.2, -0.15) is 0 Å². The van der Waals surface area contributed by atoms with Gasteiger partial charge in [-0.3, -0.25) is 11.3 Å². The van der Waals surface area contributed by atoms with Gasteiger partial charge in [0.25, 0.3) is 6.43 Å². The molecule has 0 saturated heterocycles. The van der Waals surface area contributed by atoms with E-state index in [0.29, 0.717) is 12.8 Å². The molecule has 1 aromatic rings. The summed E-state index contributed by atoms with van der Waals surface area (Å²) in [7, 11) is 0. The summed E-state index contributed by atoms with van der Waals surface area (Å²) in [4.78, 5) is 0. The van der Waals surface area contributed by atoms with E-state index in [0.717, 1.165) is 11.1 Å². The minimum absolute atomic E-state index is 0.0955. The monoisotopic (exact) mass is 276 g/mol. The second-order valence-corrected chi connectivity index (χ2v) is 4.39. The molecule has 1 atom stereocenters. The topological polar surface area (TPSA) is 47.3 Å². The molecular formula is C13H19F3N2O. The highest BCUT2D eigenvalue weighted by Gasteiger charge is 2.11. The smallest absolute Gasteiger partial charge is 0.261 e. The average molecular weight is 276 g/mol. The van der Waals surface area contributed by atoms with Crippen LogP contribution in [0.2, 0.25) is 0 Å². The number of aryl methyl sites for hydroxylation is 1. The van der Waals surface area contributed by atoms with E-state index < -0.39 is 13.0 Å². The minimum Gasteiger partial charge on any atom is -0.375 e. The van der Waals surface area contributed by atoms with E-state index in [1.807, 2.05) is 6.92 Å². The molecule has 0 amide bonds. The maximum Gasteiger partial charge on any atom is 0.261 e. The molecule has 0 heterocycles. The molecule has 19 heavy (non-hydrogen) atoms. The third-order valence-corrected chi connectivity index (χ3v) is 2.86. The first-order valence-electron chi connectivity index (χ1n) is 6.10. The summed E-state index contributed by atoms with van der Waals surface area (Å²) in [5, 5.41) is 0. The number of benzene rings is 1. The molecule has 3 N–H and O–H groups in total. The van der Waals surface area contributed by atoms with Gasteiger partial charge in [-0.1, -0.05) is 6.07 Å². The number of nitrogens with two attached hydrogens (primary N) is 1. The van der Waals surface area contributed by atoms with Crippen LogP contribution in [-0.2, 0) is 11.2 Å². The highest BCUT2D eigenvalue weighted by Crippen LogP contribution is 2.13. The molecular weight excluding hydrogens is 257 g/mol. The Balaban J connectivity index is 2.43. The first-order valence-corrected chi connectivity index (χ1v) is 6.10. The second-order valence-electron chi connectivity index (χ2n) is 4.39. The van der Waals surface area contributed by atoms with Gasteiger partial charge < -0.3 is 4.74 Å². The molecule has 1 aromatic carbocycles.